The summed E-state index contributed by atoms with van der Waals surface area (Å²) in [4.78, 5) is 11.2. The first-order valence-electron chi connectivity index (χ1n) is 5.01. The molecule has 0 aromatic carbocycles. The number of ketones is 1. The summed E-state index contributed by atoms with van der Waals surface area (Å²) in [6.45, 7) is 0. The minimum Gasteiger partial charge on any atom is -0.385 e. The van der Waals surface area contributed by atoms with Crippen molar-refractivity contribution in [2.45, 2.75) is 57.5 Å². The van der Waals surface area contributed by atoms with E-state index in [9.17, 15) is 9.90 Å². The third kappa shape index (κ3) is 3.35. The van der Waals surface area contributed by atoms with Gasteiger partial charge in [0.25, 0.3) is 0 Å². The third-order valence-electron chi connectivity index (χ3n) is 2.52. The molecule has 2 heteroatoms. The molecule has 0 aliphatic heterocycles. The van der Waals surface area contributed by atoms with Crippen molar-refractivity contribution >= 4 is 5.78 Å². The van der Waals surface area contributed by atoms with Crippen molar-refractivity contribution in [1.29, 1.82) is 0 Å². The average Bonchev–Trinajstić information content (AvgIpc) is 2.08. The van der Waals surface area contributed by atoms with Crippen LogP contribution in [-0.2, 0) is 4.79 Å². The van der Waals surface area contributed by atoms with Gasteiger partial charge in [-0.3, -0.25) is 4.79 Å². The number of rotatable bonds is 0. The van der Waals surface area contributed by atoms with E-state index < -0.39 is 6.10 Å². The van der Waals surface area contributed by atoms with Crippen molar-refractivity contribution in [3.63, 3.8) is 0 Å². The molecule has 70 valence electrons. The zero-order valence-electron chi connectivity index (χ0n) is 7.59. The van der Waals surface area contributed by atoms with Crippen molar-refractivity contribution in [2.24, 2.45) is 0 Å². The Hall–Kier alpha value is -0.370. The second kappa shape index (κ2) is 5.31. The van der Waals surface area contributed by atoms with Crippen LogP contribution >= 0.6 is 0 Å². The van der Waals surface area contributed by atoms with Crippen LogP contribution in [0, 0.1) is 0 Å². The van der Waals surface area contributed by atoms with Crippen molar-refractivity contribution < 1.29 is 9.90 Å². The van der Waals surface area contributed by atoms with Gasteiger partial charge in [0.15, 0.2) is 5.78 Å². The SMILES string of the molecule is O=C1CCCCCCCC[C@@H]1O. The molecule has 0 amide bonds. The topological polar surface area (TPSA) is 37.3 Å². The smallest absolute Gasteiger partial charge is 0.161 e. The zero-order chi connectivity index (χ0) is 8.81. The van der Waals surface area contributed by atoms with Crippen molar-refractivity contribution in [2.75, 3.05) is 0 Å². The average molecular weight is 170 g/mol. The van der Waals surface area contributed by atoms with Crippen LogP contribution < -0.4 is 0 Å². The van der Waals surface area contributed by atoms with Gasteiger partial charge >= 0.3 is 0 Å². The molecule has 1 atom stereocenters. The van der Waals surface area contributed by atoms with Crippen molar-refractivity contribution in [3.05, 3.63) is 0 Å². The minimum absolute atomic E-state index is 0.0527. The molecule has 1 aliphatic carbocycles. The summed E-state index contributed by atoms with van der Waals surface area (Å²) in [7, 11) is 0. The summed E-state index contributed by atoms with van der Waals surface area (Å²) in [5.41, 5.74) is 0. The summed E-state index contributed by atoms with van der Waals surface area (Å²) in [6.07, 6.45) is 7.42. The Kier molecular flexibility index (Phi) is 4.30. The number of hydrogen-bond acceptors (Lipinski definition) is 2. The van der Waals surface area contributed by atoms with Crippen molar-refractivity contribution in [1.82, 2.24) is 0 Å². The number of carbonyl (C=O) groups excluding carboxylic acids is 1. The van der Waals surface area contributed by atoms with Crippen LogP contribution in [0.1, 0.15) is 51.4 Å². The first-order chi connectivity index (χ1) is 5.80. The maximum Gasteiger partial charge on any atom is 0.161 e. The number of aliphatic hydroxyl groups is 1. The molecule has 1 fully saturated rings. The number of carbonyl (C=O) groups is 1. The van der Waals surface area contributed by atoms with Gasteiger partial charge in [0.2, 0.25) is 0 Å². The van der Waals surface area contributed by atoms with Crippen LogP contribution in [-0.4, -0.2) is 17.0 Å². The Balaban J connectivity index is 2.31. The molecule has 1 rings (SSSR count). The van der Waals surface area contributed by atoms with Gasteiger partial charge in [0.1, 0.15) is 6.10 Å². The maximum atomic E-state index is 11.2. The Morgan fingerprint density at radius 1 is 1.00 bits per heavy atom. The van der Waals surface area contributed by atoms with E-state index in [2.05, 4.69) is 0 Å². The van der Waals surface area contributed by atoms with Gasteiger partial charge in [-0.25, -0.2) is 0 Å². The summed E-state index contributed by atoms with van der Waals surface area (Å²) in [6, 6.07) is 0. The minimum atomic E-state index is -0.664. The highest BCUT2D eigenvalue weighted by Crippen LogP contribution is 2.14. The second-order valence-corrected chi connectivity index (χ2v) is 3.64. The lowest BCUT2D eigenvalue weighted by Crippen LogP contribution is -2.20. The Morgan fingerprint density at radius 2 is 1.58 bits per heavy atom. The van der Waals surface area contributed by atoms with Crippen LogP contribution in [0.4, 0.5) is 0 Å². The first kappa shape index (κ1) is 9.72. The number of hydrogen-bond donors (Lipinski definition) is 1. The van der Waals surface area contributed by atoms with Gasteiger partial charge in [-0.1, -0.05) is 32.1 Å². The lowest BCUT2D eigenvalue weighted by molar-refractivity contribution is -0.127. The van der Waals surface area contributed by atoms with E-state index in [1.807, 2.05) is 0 Å². The van der Waals surface area contributed by atoms with E-state index in [4.69, 9.17) is 0 Å². The van der Waals surface area contributed by atoms with E-state index in [1.54, 1.807) is 0 Å². The standard InChI is InChI=1S/C10H18O2/c11-9-7-5-3-1-2-4-6-8-10(9)12/h9,11H,1-8H2/t9-/m0/s1. The number of Topliss-reactive ketones (excluding diaryl/α,β-unsaturated/α-hetero) is 1. The molecular weight excluding hydrogens is 152 g/mol. The molecule has 0 aromatic heterocycles. The maximum absolute atomic E-state index is 11.2. The van der Waals surface area contributed by atoms with E-state index in [1.165, 1.54) is 19.3 Å². The van der Waals surface area contributed by atoms with Gasteiger partial charge < -0.3 is 5.11 Å². The Morgan fingerprint density at radius 3 is 2.33 bits per heavy atom. The monoisotopic (exact) mass is 170 g/mol. The first-order valence-corrected chi connectivity index (χ1v) is 5.01. The molecule has 0 heterocycles. The molecule has 12 heavy (non-hydrogen) atoms. The van der Waals surface area contributed by atoms with Crippen LogP contribution in [0.2, 0.25) is 0 Å². The Bertz CT molecular complexity index is 143. The molecule has 1 aliphatic rings. The summed E-state index contributed by atoms with van der Waals surface area (Å²) >= 11 is 0. The molecule has 1 N–H and O–H groups in total. The van der Waals surface area contributed by atoms with Crippen LogP contribution in [0.25, 0.3) is 0 Å². The van der Waals surface area contributed by atoms with E-state index >= 15 is 0 Å². The second-order valence-electron chi connectivity index (χ2n) is 3.64. The van der Waals surface area contributed by atoms with Gasteiger partial charge in [0.05, 0.1) is 0 Å². The fourth-order valence-corrected chi connectivity index (χ4v) is 1.67. The lowest BCUT2D eigenvalue weighted by Gasteiger charge is -2.11. The predicted molar refractivity (Wildman–Crippen MR) is 47.9 cm³/mol. The van der Waals surface area contributed by atoms with E-state index in [0.717, 1.165) is 19.3 Å². The molecular formula is C10H18O2. The van der Waals surface area contributed by atoms with Gasteiger partial charge in [-0.15, -0.1) is 0 Å². The van der Waals surface area contributed by atoms with E-state index in [-0.39, 0.29) is 5.78 Å². The zero-order valence-corrected chi connectivity index (χ0v) is 7.59. The third-order valence-corrected chi connectivity index (χ3v) is 2.52. The molecule has 0 aromatic rings. The summed E-state index contributed by atoms with van der Waals surface area (Å²) in [5.74, 6) is 0.0527. The molecule has 1 saturated carbocycles. The normalized spacial score (nSPS) is 28.4. The molecule has 0 saturated heterocycles. The van der Waals surface area contributed by atoms with Crippen LogP contribution in [0.5, 0.6) is 0 Å². The largest absolute Gasteiger partial charge is 0.385 e. The highest BCUT2D eigenvalue weighted by Gasteiger charge is 2.14. The fourth-order valence-electron chi connectivity index (χ4n) is 1.67. The molecule has 0 unspecified atom stereocenters. The molecule has 0 spiro atoms. The Labute approximate surface area is 74.0 Å². The highest BCUT2D eigenvalue weighted by molar-refractivity contribution is 5.82. The quantitative estimate of drug-likeness (QED) is 0.604. The van der Waals surface area contributed by atoms with Crippen LogP contribution in [0.15, 0.2) is 0 Å². The van der Waals surface area contributed by atoms with Crippen LogP contribution in [0.3, 0.4) is 0 Å². The van der Waals surface area contributed by atoms with Gasteiger partial charge in [0, 0.05) is 6.42 Å². The highest BCUT2D eigenvalue weighted by atomic mass is 16.3. The summed E-state index contributed by atoms with van der Waals surface area (Å²) in [5, 5.41) is 9.35. The molecule has 0 bridgehead atoms. The van der Waals surface area contributed by atoms with Gasteiger partial charge in [-0.05, 0) is 12.8 Å². The lowest BCUT2D eigenvalue weighted by atomic mass is 9.98. The fraction of sp³-hybridized carbons (Fsp3) is 0.900. The predicted octanol–water partition coefficient (Wildman–Crippen LogP) is 2.05. The van der Waals surface area contributed by atoms with Crippen molar-refractivity contribution in [3.8, 4) is 0 Å². The van der Waals surface area contributed by atoms with Gasteiger partial charge in [-0.2, -0.15) is 0 Å². The number of aliphatic hydroxyl groups excluding tert-OH is 1. The molecule has 2 nitrogen and oxygen atoms in total. The molecule has 0 radical (unpaired) electrons. The summed E-state index contributed by atoms with van der Waals surface area (Å²) < 4.78 is 0. The van der Waals surface area contributed by atoms with E-state index in [0.29, 0.717) is 12.8 Å².